The van der Waals surface area contributed by atoms with Crippen LogP contribution >= 0.6 is 11.3 Å². The minimum Gasteiger partial charge on any atom is -0.298 e. The lowest BCUT2D eigenvalue weighted by molar-refractivity contribution is 0.102. The zero-order valence-electron chi connectivity index (χ0n) is 19.6. The number of amides is 1. The standard InChI is InChI=1S/C29H32N2OS/c1-3-4-5-6-7-8-9-22-11-13-23(14-12-22)24-15-17-25(18-16-24)28(32)31-29-30-26-19-10-21(2)20-27(26)33-29/h10-20H,3-9H2,1-2H3,(H,30,31,32). The number of carbonyl (C=O) groups excluding carboxylic acids is 1. The third kappa shape index (κ3) is 6.29. The highest BCUT2D eigenvalue weighted by atomic mass is 32.1. The molecule has 33 heavy (non-hydrogen) atoms. The van der Waals surface area contributed by atoms with Gasteiger partial charge in [0.1, 0.15) is 0 Å². The first-order valence-electron chi connectivity index (χ1n) is 12.0. The highest BCUT2D eigenvalue weighted by Crippen LogP contribution is 2.27. The van der Waals surface area contributed by atoms with E-state index in [2.05, 4.69) is 54.5 Å². The average Bonchev–Trinajstić information content (AvgIpc) is 3.23. The molecule has 1 aromatic heterocycles. The normalized spacial score (nSPS) is 11.1. The number of nitrogens with one attached hydrogen (secondary N) is 1. The largest absolute Gasteiger partial charge is 0.298 e. The van der Waals surface area contributed by atoms with Crippen molar-refractivity contribution in [2.24, 2.45) is 0 Å². The number of aromatic nitrogens is 1. The molecule has 3 aromatic carbocycles. The third-order valence-corrected chi connectivity index (χ3v) is 6.95. The molecule has 1 N–H and O–H groups in total. The first kappa shape index (κ1) is 23.2. The molecule has 0 bridgehead atoms. The lowest BCUT2D eigenvalue weighted by Gasteiger charge is -2.07. The molecule has 0 aliphatic heterocycles. The summed E-state index contributed by atoms with van der Waals surface area (Å²) in [5.41, 5.74) is 6.43. The number of rotatable bonds is 10. The molecule has 0 saturated heterocycles. The molecule has 0 fully saturated rings. The number of benzene rings is 3. The zero-order chi connectivity index (χ0) is 23.0. The molecular weight excluding hydrogens is 424 g/mol. The van der Waals surface area contributed by atoms with Crippen LogP contribution in [0.25, 0.3) is 21.3 Å². The molecular formula is C29H32N2OS. The average molecular weight is 457 g/mol. The van der Waals surface area contributed by atoms with E-state index in [-0.39, 0.29) is 5.91 Å². The Bertz CT molecular complexity index is 1190. The fourth-order valence-corrected chi connectivity index (χ4v) is 5.00. The highest BCUT2D eigenvalue weighted by Gasteiger charge is 2.10. The van der Waals surface area contributed by atoms with E-state index >= 15 is 0 Å². The van der Waals surface area contributed by atoms with Gasteiger partial charge in [0, 0.05) is 5.56 Å². The SMILES string of the molecule is CCCCCCCCc1ccc(-c2ccc(C(=O)Nc3nc4ccc(C)cc4s3)cc2)cc1. The van der Waals surface area contributed by atoms with E-state index in [1.165, 1.54) is 66.6 Å². The minimum atomic E-state index is -0.133. The van der Waals surface area contributed by atoms with E-state index in [4.69, 9.17) is 0 Å². The van der Waals surface area contributed by atoms with Gasteiger partial charge in [-0.05, 0) is 66.3 Å². The van der Waals surface area contributed by atoms with Crippen molar-refractivity contribution in [3.8, 4) is 11.1 Å². The van der Waals surface area contributed by atoms with E-state index in [1.807, 2.05) is 36.4 Å². The molecule has 4 aromatic rings. The van der Waals surface area contributed by atoms with Crippen LogP contribution in [0.15, 0.2) is 66.7 Å². The number of fused-ring (bicyclic) bond motifs is 1. The second-order valence-corrected chi connectivity index (χ2v) is 9.77. The maximum absolute atomic E-state index is 12.7. The Hall–Kier alpha value is -2.98. The van der Waals surface area contributed by atoms with Gasteiger partial charge in [-0.25, -0.2) is 4.98 Å². The number of hydrogen-bond donors (Lipinski definition) is 1. The molecule has 0 unspecified atom stereocenters. The summed E-state index contributed by atoms with van der Waals surface area (Å²) in [6.45, 7) is 4.32. The molecule has 0 aliphatic carbocycles. The molecule has 0 atom stereocenters. The van der Waals surface area contributed by atoms with Crippen LogP contribution in [0.3, 0.4) is 0 Å². The molecule has 1 heterocycles. The Labute approximate surface area is 200 Å². The van der Waals surface area contributed by atoms with E-state index in [0.717, 1.165) is 22.2 Å². The monoisotopic (exact) mass is 456 g/mol. The Kier molecular flexibility index (Phi) is 7.90. The van der Waals surface area contributed by atoms with E-state index in [1.54, 1.807) is 0 Å². The van der Waals surface area contributed by atoms with Gasteiger partial charge in [-0.3, -0.25) is 10.1 Å². The number of hydrogen-bond acceptors (Lipinski definition) is 3. The predicted molar refractivity (Wildman–Crippen MR) is 141 cm³/mol. The number of aryl methyl sites for hydroxylation is 2. The minimum absolute atomic E-state index is 0.133. The molecule has 0 saturated carbocycles. The van der Waals surface area contributed by atoms with Crippen molar-refractivity contribution < 1.29 is 4.79 Å². The van der Waals surface area contributed by atoms with Gasteiger partial charge >= 0.3 is 0 Å². The topological polar surface area (TPSA) is 42.0 Å². The molecule has 0 spiro atoms. The second-order valence-electron chi connectivity index (χ2n) is 8.74. The molecule has 0 radical (unpaired) electrons. The fourth-order valence-electron chi connectivity index (χ4n) is 4.04. The summed E-state index contributed by atoms with van der Waals surface area (Å²) in [5.74, 6) is -0.133. The van der Waals surface area contributed by atoms with E-state index in [0.29, 0.717) is 10.7 Å². The van der Waals surface area contributed by atoms with Crippen molar-refractivity contribution in [2.45, 2.75) is 58.8 Å². The van der Waals surface area contributed by atoms with E-state index in [9.17, 15) is 4.79 Å². The van der Waals surface area contributed by atoms with Crippen LogP contribution in [0.1, 0.15) is 66.9 Å². The molecule has 4 rings (SSSR count). The third-order valence-electron chi connectivity index (χ3n) is 6.02. The molecule has 1 amide bonds. The van der Waals surface area contributed by atoms with Crippen LogP contribution in [0.2, 0.25) is 0 Å². The van der Waals surface area contributed by atoms with Gasteiger partial charge in [0.2, 0.25) is 0 Å². The van der Waals surface area contributed by atoms with Gasteiger partial charge in [0.05, 0.1) is 10.2 Å². The Balaban J connectivity index is 1.33. The van der Waals surface area contributed by atoms with E-state index < -0.39 is 0 Å². The van der Waals surface area contributed by atoms with Crippen molar-refractivity contribution in [2.75, 3.05) is 5.32 Å². The van der Waals surface area contributed by atoms with Crippen LogP contribution in [-0.2, 0) is 6.42 Å². The number of unbranched alkanes of at least 4 members (excludes halogenated alkanes) is 5. The summed E-state index contributed by atoms with van der Waals surface area (Å²) in [7, 11) is 0. The van der Waals surface area contributed by atoms with Crippen molar-refractivity contribution in [3.05, 3.63) is 83.4 Å². The Morgan fingerprint density at radius 2 is 1.52 bits per heavy atom. The number of thiazole rings is 1. The van der Waals surface area contributed by atoms with Gasteiger partial charge in [0.15, 0.2) is 5.13 Å². The maximum atomic E-state index is 12.7. The number of anilines is 1. The van der Waals surface area contributed by atoms with Gasteiger partial charge in [0.25, 0.3) is 5.91 Å². The summed E-state index contributed by atoms with van der Waals surface area (Å²) >= 11 is 1.50. The first-order valence-corrected chi connectivity index (χ1v) is 12.8. The number of carbonyl (C=O) groups is 1. The van der Waals surface area contributed by atoms with Crippen molar-refractivity contribution >= 4 is 32.6 Å². The van der Waals surface area contributed by atoms with Gasteiger partial charge in [-0.2, -0.15) is 0 Å². The second kappa shape index (κ2) is 11.2. The van der Waals surface area contributed by atoms with Crippen LogP contribution in [0.5, 0.6) is 0 Å². The van der Waals surface area contributed by atoms with Gasteiger partial charge in [-0.15, -0.1) is 0 Å². The summed E-state index contributed by atoms with van der Waals surface area (Å²) in [4.78, 5) is 17.2. The van der Waals surface area contributed by atoms with Gasteiger partial charge in [-0.1, -0.05) is 92.8 Å². The first-order chi connectivity index (χ1) is 16.1. The smallest absolute Gasteiger partial charge is 0.257 e. The molecule has 3 nitrogen and oxygen atoms in total. The fraction of sp³-hybridized carbons (Fsp3) is 0.310. The van der Waals surface area contributed by atoms with Crippen molar-refractivity contribution in [1.29, 1.82) is 0 Å². The van der Waals surface area contributed by atoms with Crippen LogP contribution < -0.4 is 5.32 Å². The maximum Gasteiger partial charge on any atom is 0.257 e. The Morgan fingerprint density at radius 1 is 0.848 bits per heavy atom. The van der Waals surface area contributed by atoms with Crippen LogP contribution in [-0.4, -0.2) is 10.9 Å². The molecule has 4 heteroatoms. The zero-order valence-corrected chi connectivity index (χ0v) is 20.4. The molecule has 0 aliphatic rings. The summed E-state index contributed by atoms with van der Waals surface area (Å²) in [6, 6.07) is 22.7. The van der Waals surface area contributed by atoms with Crippen molar-refractivity contribution in [3.63, 3.8) is 0 Å². The predicted octanol–water partition coefficient (Wildman–Crippen LogP) is 8.43. The quantitative estimate of drug-likeness (QED) is 0.243. The van der Waals surface area contributed by atoms with Crippen molar-refractivity contribution in [1.82, 2.24) is 4.98 Å². The molecule has 170 valence electrons. The van der Waals surface area contributed by atoms with Crippen LogP contribution in [0, 0.1) is 6.92 Å². The lowest BCUT2D eigenvalue weighted by Crippen LogP contribution is -2.11. The summed E-state index contributed by atoms with van der Waals surface area (Å²) in [5, 5.41) is 3.57. The Morgan fingerprint density at radius 3 is 2.24 bits per heavy atom. The number of nitrogens with zero attached hydrogens (tertiary/aromatic N) is 1. The van der Waals surface area contributed by atoms with Crippen LogP contribution in [0.4, 0.5) is 5.13 Å². The highest BCUT2D eigenvalue weighted by molar-refractivity contribution is 7.22. The lowest BCUT2D eigenvalue weighted by atomic mass is 10.00. The summed E-state index contributed by atoms with van der Waals surface area (Å²) < 4.78 is 1.08. The van der Waals surface area contributed by atoms with Gasteiger partial charge < -0.3 is 0 Å². The summed E-state index contributed by atoms with van der Waals surface area (Å²) in [6.07, 6.45) is 9.11.